The lowest BCUT2D eigenvalue weighted by Gasteiger charge is -2.35. The summed E-state index contributed by atoms with van der Waals surface area (Å²) in [5, 5.41) is 15.4. The molecule has 0 saturated carbocycles. The SMILES string of the molecule is O=C(c1ccc(-n2cnnn2)cc1)N1CCc2sccc2[C@@H]1c1cccs1. The van der Waals surface area contributed by atoms with Crippen LogP contribution in [-0.4, -0.2) is 37.6 Å². The molecule has 0 spiro atoms. The fourth-order valence-corrected chi connectivity index (χ4v) is 5.25. The van der Waals surface area contributed by atoms with Crippen molar-refractivity contribution in [3.05, 3.63) is 80.4 Å². The smallest absolute Gasteiger partial charge is 0.254 e. The highest BCUT2D eigenvalue weighted by Crippen LogP contribution is 2.40. The molecule has 134 valence electrons. The van der Waals surface area contributed by atoms with Crippen LogP contribution in [-0.2, 0) is 6.42 Å². The molecule has 5 rings (SSSR count). The third-order valence-electron chi connectivity index (χ3n) is 4.77. The maximum Gasteiger partial charge on any atom is 0.254 e. The molecule has 1 aromatic carbocycles. The monoisotopic (exact) mass is 393 g/mol. The number of nitrogens with zero attached hydrogens (tertiary/aromatic N) is 5. The molecule has 27 heavy (non-hydrogen) atoms. The average molecular weight is 393 g/mol. The molecule has 0 N–H and O–H groups in total. The Balaban J connectivity index is 1.48. The van der Waals surface area contributed by atoms with E-state index in [1.54, 1.807) is 27.4 Å². The number of thiophene rings is 2. The Morgan fingerprint density at radius 3 is 2.70 bits per heavy atom. The second kappa shape index (κ2) is 6.71. The van der Waals surface area contributed by atoms with Crippen molar-refractivity contribution < 1.29 is 4.79 Å². The third-order valence-corrected chi connectivity index (χ3v) is 6.69. The fraction of sp³-hybridized carbons (Fsp3) is 0.158. The normalized spacial score (nSPS) is 16.3. The van der Waals surface area contributed by atoms with E-state index in [4.69, 9.17) is 0 Å². The summed E-state index contributed by atoms with van der Waals surface area (Å²) < 4.78 is 1.57. The number of benzene rings is 1. The number of amides is 1. The van der Waals surface area contributed by atoms with E-state index in [-0.39, 0.29) is 11.9 Å². The van der Waals surface area contributed by atoms with Gasteiger partial charge in [0.05, 0.1) is 11.7 Å². The molecule has 1 aliphatic rings. The molecule has 0 bridgehead atoms. The fourth-order valence-electron chi connectivity index (χ4n) is 3.49. The van der Waals surface area contributed by atoms with Crippen molar-refractivity contribution in [1.82, 2.24) is 25.1 Å². The van der Waals surface area contributed by atoms with Crippen LogP contribution >= 0.6 is 22.7 Å². The van der Waals surface area contributed by atoms with Gasteiger partial charge < -0.3 is 4.90 Å². The van der Waals surface area contributed by atoms with Crippen LogP contribution < -0.4 is 0 Å². The Morgan fingerprint density at radius 2 is 1.96 bits per heavy atom. The number of carbonyl (C=O) groups excluding carboxylic acids is 1. The van der Waals surface area contributed by atoms with Crippen LogP contribution in [0.2, 0.25) is 0 Å². The first-order valence-corrected chi connectivity index (χ1v) is 10.3. The highest BCUT2D eigenvalue weighted by atomic mass is 32.1. The summed E-state index contributed by atoms with van der Waals surface area (Å²) in [7, 11) is 0. The predicted octanol–water partition coefficient (Wildman–Crippen LogP) is 3.57. The van der Waals surface area contributed by atoms with Gasteiger partial charge in [0, 0.05) is 21.9 Å². The lowest BCUT2D eigenvalue weighted by molar-refractivity contribution is 0.0699. The minimum atomic E-state index is -0.00769. The van der Waals surface area contributed by atoms with Gasteiger partial charge in [-0.05, 0) is 69.6 Å². The summed E-state index contributed by atoms with van der Waals surface area (Å²) in [4.78, 5) is 17.9. The number of tetrazole rings is 1. The van der Waals surface area contributed by atoms with Gasteiger partial charge in [-0.2, -0.15) is 0 Å². The number of aromatic nitrogens is 4. The lowest BCUT2D eigenvalue weighted by Crippen LogP contribution is -2.39. The maximum atomic E-state index is 13.3. The Hall–Kier alpha value is -2.84. The zero-order valence-electron chi connectivity index (χ0n) is 14.2. The molecule has 0 aliphatic carbocycles. The quantitative estimate of drug-likeness (QED) is 0.534. The summed E-state index contributed by atoms with van der Waals surface area (Å²) in [6, 6.07) is 13.7. The topological polar surface area (TPSA) is 63.9 Å². The zero-order valence-corrected chi connectivity index (χ0v) is 15.9. The lowest BCUT2D eigenvalue weighted by atomic mass is 9.97. The van der Waals surface area contributed by atoms with E-state index in [0.717, 1.165) is 18.7 Å². The summed E-state index contributed by atoms with van der Waals surface area (Å²) in [5.41, 5.74) is 2.75. The van der Waals surface area contributed by atoms with Crippen LogP contribution in [0.4, 0.5) is 0 Å². The highest BCUT2D eigenvalue weighted by molar-refractivity contribution is 7.10. The molecule has 0 saturated heterocycles. The maximum absolute atomic E-state index is 13.3. The van der Waals surface area contributed by atoms with Gasteiger partial charge in [-0.25, -0.2) is 4.68 Å². The Bertz CT molecular complexity index is 1050. The van der Waals surface area contributed by atoms with Gasteiger partial charge in [0.2, 0.25) is 0 Å². The molecule has 0 unspecified atom stereocenters. The molecule has 8 heteroatoms. The largest absolute Gasteiger partial charge is 0.326 e. The third kappa shape index (κ3) is 2.87. The van der Waals surface area contributed by atoms with E-state index in [2.05, 4.69) is 38.4 Å². The van der Waals surface area contributed by atoms with Crippen LogP contribution in [0, 0.1) is 0 Å². The van der Waals surface area contributed by atoms with Gasteiger partial charge in [-0.1, -0.05) is 6.07 Å². The van der Waals surface area contributed by atoms with Gasteiger partial charge in [-0.15, -0.1) is 27.8 Å². The van der Waals surface area contributed by atoms with Crippen molar-refractivity contribution in [3.8, 4) is 5.69 Å². The molecule has 1 aliphatic heterocycles. The molecule has 4 aromatic rings. The first-order chi connectivity index (χ1) is 13.3. The molecule has 6 nitrogen and oxygen atoms in total. The van der Waals surface area contributed by atoms with Gasteiger partial charge in [-0.3, -0.25) is 4.79 Å². The molecular weight excluding hydrogens is 378 g/mol. The molecular formula is C19H15N5OS2. The molecule has 4 heterocycles. The van der Waals surface area contributed by atoms with Crippen LogP contribution in [0.1, 0.15) is 31.7 Å². The highest BCUT2D eigenvalue weighted by Gasteiger charge is 2.33. The van der Waals surface area contributed by atoms with E-state index in [0.29, 0.717) is 5.56 Å². The number of hydrogen-bond donors (Lipinski definition) is 0. The standard InChI is InChI=1S/C19H15N5OS2/c25-19(13-3-5-14(6-4-13)24-12-20-21-22-24)23-9-7-16-15(8-11-27-16)18(23)17-2-1-10-26-17/h1-6,8,10-12,18H,7,9H2/t18-/m1/s1. The van der Waals surface area contributed by atoms with E-state index >= 15 is 0 Å². The van der Waals surface area contributed by atoms with Gasteiger partial charge in [0.15, 0.2) is 0 Å². The van der Waals surface area contributed by atoms with Crippen molar-refractivity contribution >= 4 is 28.6 Å². The average Bonchev–Trinajstić information content (AvgIpc) is 3.49. The summed E-state index contributed by atoms with van der Waals surface area (Å²) in [6.07, 6.45) is 2.44. The number of rotatable bonds is 3. The second-order valence-electron chi connectivity index (χ2n) is 6.27. The summed E-state index contributed by atoms with van der Waals surface area (Å²) >= 11 is 3.48. The first-order valence-electron chi connectivity index (χ1n) is 8.55. The number of hydrogen-bond acceptors (Lipinski definition) is 6. The van der Waals surface area contributed by atoms with Crippen molar-refractivity contribution in [1.29, 1.82) is 0 Å². The van der Waals surface area contributed by atoms with Crippen LogP contribution in [0.5, 0.6) is 0 Å². The van der Waals surface area contributed by atoms with E-state index < -0.39 is 0 Å². The Labute approximate surface area is 163 Å². The Kier molecular flexibility index (Phi) is 4.06. The van der Waals surface area contributed by atoms with Gasteiger partial charge in [0.1, 0.15) is 6.33 Å². The van der Waals surface area contributed by atoms with Gasteiger partial charge >= 0.3 is 0 Å². The van der Waals surface area contributed by atoms with Crippen molar-refractivity contribution in [2.45, 2.75) is 12.5 Å². The minimum absolute atomic E-state index is 0.00769. The van der Waals surface area contributed by atoms with E-state index in [1.807, 2.05) is 35.2 Å². The molecule has 3 aromatic heterocycles. The van der Waals surface area contributed by atoms with Crippen molar-refractivity contribution in [3.63, 3.8) is 0 Å². The molecule has 0 radical (unpaired) electrons. The first kappa shape index (κ1) is 16.3. The molecule has 0 fully saturated rings. The van der Waals surface area contributed by atoms with Crippen molar-refractivity contribution in [2.75, 3.05) is 6.54 Å². The van der Waals surface area contributed by atoms with Crippen LogP contribution in [0.3, 0.4) is 0 Å². The number of carbonyl (C=O) groups is 1. The second-order valence-corrected chi connectivity index (χ2v) is 8.25. The van der Waals surface area contributed by atoms with Crippen LogP contribution in [0.15, 0.2) is 59.6 Å². The zero-order chi connectivity index (χ0) is 18.2. The summed E-state index contributed by atoms with van der Waals surface area (Å²) in [6.45, 7) is 0.726. The summed E-state index contributed by atoms with van der Waals surface area (Å²) in [5.74, 6) is 0.0496. The molecule has 1 amide bonds. The Morgan fingerprint density at radius 1 is 1.07 bits per heavy atom. The van der Waals surface area contributed by atoms with E-state index in [9.17, 15) is 4.79 Å². The minimum Gasteiger partial charge on any atom is -0.326 e. The predicted molar refractivity (Wildman–Crippen MR) is 104 cm³/mol. The van der Waals surface area contributed by atoms with Crippen molar-refractivity contribution in [2.24, 2.45) is 0 Å². The van der Waals surface area contributed by atoms with Gasteiger partial charge in [0.25, 0.3) is 5.91 Å². The number of fused-ring (bicyclic) bond motifs is 1. The molecule has 1 atom stereocenters. The van der Waals surface area contributed by atoms with Crippen LogP contribution in [0.25, 0.3) is 5.69 Å². The van der Waals surface area contributed by atoms with E-state index in [1.165, 1.54) is 21.6 Å².